The molecule has 0 unspecified atom stereocenters. The number of ether oxygens (including phenoxy) is 1. The van der Waals surface area contributed by atoms with Crippen LogP contribution in [-0.2, 0) is 6.18 Å². The van der Waals surface area contributed by atoms with Crippen molar-refractivity contribution in [2.75, 3.05) is 30.8 Å². The lowest BCUT2D eigenvalue weighted by molar-refractivity contribution is -0.136. The number of hydrogen-bond acceptors (Lipinski definition) is 4. The first-order valence-corrected chi connectivity index (χ1v) is 9.01. The van der Waals surface area contributed by atoms with Crippen molar-refractivity contribution < 1.29 is 22.7 Å². The summed E-state index contributed by atoms with van der Waals surface area (Å²) in [7, 11) is 1.99. The largest absolute Gasteiger partial charge is 0.418 e. The molecule has 2 N–H and O–H groups in total. The fraction of sp³-hybridized carbons (Fsp3) is 0.350. The molecule has 0 aliphatic carbocycles. The summed E-state index contributed by atoms with van der Waals surface area (Å²) in [5.41, 5.74) is -0.782. The lowest BCUT2D eigenvalue weighted by Crippen LogP contribution is -2.37. The van der Waals surface area contributed by atoms with Crippen molar-refractivity contribution in [1.29, 1.82) is 0 Å². The van der Waals surface area contributed by atoms with Crippen LogP contribution in [0.5, 0.6) is 5.75 Å². The average molecular weight is 393 g/mol. The molecule has 1 fully saturated rings. The van der Waals surface area contributed by atoms with E-state index in [1.165, 1.54) is 12.1 Å². The van der Waals surface area contributed by atoms with Gasteiger partial charge in [-0.25, -0.2) is 4.79 Å². The highest BCUT2D eigenvalue weighted by molar-refractivity contribution is 5.87. The summed E-state index contributed by atoms with van der Waals surface area (Å²) >= 11 is 0. The summed E-state index contributed by atoms with van der Waals surface area (Å²) < 4.78 is 45.7. The third-order valence-corrected chi connectivity index (χ3v) is 4.60. The number of benzene rings is 2. The summed E-state index contributed by atoms with van der Waals surface area (Å²) in [5, 5.41) is 5.35. The van der Waals surface area contributed by atoms with Crippen molar-refractivity contribution in [2.24, 2.45) is 0 Å². The quantitative estimate of drug-likeness (QED) is 0.782. The van der Waals surface area contributed by atoms with Crippen LogP contribution in [0.25, 0.3) is 0 Å². The third kappa shape index (κ3) is 5.39. The third-order valence-electron chi connectivity index (χ3n) is 4.60. The molecule has 1 heterocycles. The van der Waals surface area contributed by atoms with Crippen molar-refractivity contribution in [3.63, 3.8) is 0 Å². The number of carbonyl (C=O) groups is 1. The lowest BCUT2D eigenvalue weighted by atomic mass is 10.0. The highest BCUT2D eigenvalue weighted by Crippen LogP contribution is 2.37. The van der Waals surface area contributed by atoms with Crippen LogP contribution in [0.4, 0.5) is 29.3 Å². The maximum Gasteiger partial charge on any atom is 0.418 e. The second-order valence-electron chi connectivity index (χ2n) is 6.81. The van der Waals surface area contributed by atoms with Gasteiger partial charge < -0.3 is 15.0 Å². The zero-order valence-electron chi connectivity index (χ0n) is 15.4. The smallest absolute Gasteiger partial charge is 0.410 e. The van der Waals surface area contributed by atoms with Crippen molar-refractivity contribution in [1.82, 2.24) is 4.90 Å². The van der Waals surface area contributed by atoms with Gasteiger partial charge in [0, 0.05) is 17.4 Å². The summed E-state index contributed by atoms with van der Waals surface area (Å²) in [6, 6.07) is 12.0. The van der Waals surface area contributed by atoms with E-state index in [-0.39, 0.29) is 17.4 Å². The molecular formula is C20H22F3N3O2. The number of anilines is 2. The molecule has 3 rings (SSSR count). The van der Waals surface area contributed by atoms with Gasteiger partial charge >= 0.3 is 12.3 Å². The zero-order chi connectivity index (χ0) is 20.1. The molecule has 0 radical (unpaired) electrons. The molecule has 1 amide bonds. The van der Waals surface area contributed by atoms with E-state index in [1.807, 2.05) is 7.05 Å². The van der Waals surface area contributed by atoms with E-state index >= 15 is 0 Å². The number of piperidine rings is 1. The maximum absolute atomic E-state index is 13.5. The van der Waals surface area contributed by atoms with Crippen molar-refractivity contribution >= 4 is 17.5 Å². The summed E-state index contributed by atoms with van der Waals surface area (Å²) in [6.07, 6.45) is -3.85. The Labute approximate surface area is 161 Å². The van der Waals surface area contributed by atoms with Crippen molar-refractivity contribution in [2.45, 2.75) is 25.1 Å². The van der Waals surface area contributed by atoms with Crippen LogP contribution in [0, 0.1) is 0 Å². The van der Waals surface area contributed by atoms with Crippen LogP contribution in [0.1, 0.15) is 18.4 Å². The molecule has 0 bridgehead atoms. The first-order valence-electron chi connectivity index (χ1n) is 9.01. The second kappa shape index (κ2) is 8.52. The van der Waals surface area contributed by atoms with Crippen LogP contribution >= 0.6 is 0 Å². The minimum Gasteiger partial charge on any atom is -0.410 e. The molecule has 0 spiro atoms. The Bertz CT molecular complexity index is 804. The van der Waals surface area contributed by atoms with Crippen LogP contribution in [0.15, 0.2) is 48.5 Å². The molecule has 8 heteroatoms. The topological polar surface area (TPSA) is 53.6 Å². The van der Waals surface area contributed by atoms with Crippen molar-refractivity contribution in [3.05, 3.63) is 54.1 Å². The number of rotatable bonds is 4. The predicted molar refractivity (Wildman–Crippen MR) is 102 cm³/mol. The molecule has 0 saturated carbocycles. The summed E-state index contributed by atoms with van der Waals surface area (Å²) in [6.45, 7) is 1.67. The van der Waals surface area contributed by atoms with Gasteiger partial charge in [-0.3, -0.25) is 5.32 Å². The normalized spacial score (nSPS) is 15.9. The standard InChI is InChI=1S/C20H22F3N3O2/c1-26-11-9-14(10-12-26)24-18-8-7-15(13-17(18)20(21,22)23)25-19(27)28-16-5-3-2-4-6-16/h2-8,13-14,24H,9-12H2,1H3,(H,25,27). The highest BCUT2D eigenvalue weighted by Gasteiger charge is 2.34. The van der Waals surface area contributed by atoms with E-state index in [2.05, 4.69) is 15.5 Å². The number of nitrogens with one attached hydrogen (secondary N) is 2. The Morgan fingerprint density at radius 2 is 1.79 bits per heavy atom. The Balaban J connectivity index is 1.72. The number of alkyl halides is 3. The number of amides is 1. The van der Waals surface area contributed by atoms with Crippen LogP contribution in [-0.4, -0.2) is 37.2 Å². The molecule has 2 aromatic carbocycles. The first-order chi connectivity index (χ1) is 13.3. The second-order valence-corrected chi connectivity index (χ2v) is 6.81. The van der Waals surface area contributed by atoms with Gasteiger partial charge in [-0.2, -0.15) is 13.2 Å². The summed E-state index contributed by atoms with van der Waals surface area (Å²) in [4.78, 5) is 14.1. The van der Waals surface area contributed by atoms with E-state index in [0.29, 0.717) is 5.75 Å². The van der Waals surface area contributed by atoms with E-state index in [9.17, 15) is 18.0 Å². The lowest BCUT2D eigenvalue weighted by Gasteiger charge is -2.31. The Morgan fingerprint density at radius 3 is 2.43 bits per heavy atom. The molecular weight excluding hydrogens is 371 g/mol. The fourth-order valence-corrected chi connectivity index (χ4v) is 3.09. The first kappa shape index (κ1) is 20.0. The van der Waals surface area contributed by atoms with Crippen LogP contribution in [0.3, 0.4) is 0 Å². The Hall–Kier alpha value is -2.74. The van der Waals surface area contributed by atoms with Crippen molar-refractivity contribution in [3.8, 4) is 5.75 Å². The molecule has 28 heavy (non-hydrogen) atoms. The molecule has 1 aliphatic heterocycles. The molecule has 1 saturated heterocycles. The van der Waals surface area contributed by atoms with Crippen LogP contribution < -0.4 is 15.4 Å². The van der Waals surface area contributed by atoms with Gasteiger partial charge in [-0.1, -0.05) is 18.2 Å². The fourth-order valence-electron chi connectivity index (χ4n) is 3.09. The molecule has 0 atom stereocenters. The zero-order valence-corrected chi connectivity index (χ0v) is 15.4. The Kier molecular flexibility index (Phi) is 6.08. The predicted octanol–water partition coefficient (Wildman–Crippen LogP) is 4.82. The van der Waals surface area contributed by atoms with E-state index in [4.69, 9.17) is 4.74 Å². The van der Waals surface area contributed by atoms with Gasteiger partial charge in [0.15, 0.2) is 0 Å². The van der Waals surface area contributed by atoms with Gasteiger partial charge in [0.05, 0.1) is 5.56 Å². The molecule has 1 aliphatic rings. The average Bonchev–Trinajstić information content (AvgIpc) is 2.65. The Morgan fingerprint density at radius 1 is 1.11 bits per heavy atom. The number of halogens is 3. The SMILES string of the molecule is CN1CCC(Nc2ccc(NC(=O)Oc3ccccc3)cc2C(F)(F)F)CC1. The minimum atomic E-state index is -4.55. The van der Waals surface area contributed by atoms with E-state index in [0.717, 1.165) is 32.0 Å². The number of para-hydroxylation sites is 1. The van der Waals surface area contributed by atoms with E-state index in [1.54, 1.807) is 30.3 Å². The molecule has 0 aromatic heterocycles. The monoisotopic (exact) mass is 393 g/mol. The molecule has 5 nitrogen and oxygen atoms in total. The van der Waals surface area contributed by atoms with E-state index < -0.39 is 17.8 Å². The number of nitrogens with zero attached hydrogens (tertiary/aromatic N) is 1. The van der Waals surface area contributed by atoms with Gasteiger partial charge in [0.25, 0.3) is 0 Å². The van der Waals surface area contributed by atoms with Gasteiger partial charge in [0.2, 0.25) is 0 Å². The molecule has 150 valence electrons. The van der Waals surface area contributed by atoms with Gasteiger partial charge in [-0.05, 0) is 63.3 Å². The molecule has 2 aromatic rings. The van der Waals surface area contributed by atoms with Gasteiger partial charge in [0.1, 0.15) is 5.75 Å². The summed E-state index contributed by atoms with van der Waals surface area (Å²) in [5.74, 6) is 0.302. The van der Waals surface area contributed by atoms with Crippen LogP contribution in [0.2, 0.25) is 0 Å². The highest BCUT2D eigenvalue weighted by atomic mass is 19.4. The number of hydrogen-bond donors (Lipinski definition) is 2. The minimum absolute atomic E-state index is 0.0147. The number of carbonyl (C=O) groups excluding carboxylic acids is 1. The maximum atomic E-state index is 13.5. The number of likely N-dealkylation sites (tertiary alicyclic amines) is 1. The van der Waals surface area contributed by atoms with Gasteiger partial charge in [-0.15, -0.1) is 0 Å².